The van der Waals surface area contributed by atoms with E-state index in [0.717, 1.165) is 5.56 Å². The lowest BCUT2D eigenvalue weighted by atomic mass is 9.93. The molecule has 0 saturated heterocycles. The maximum atomic E-state index is 4.41. The number of rotatable bonds is 2. The number of aromatic nitrogens is 2. The second kappa shape index (κ2) is 3.54. The Morgan fingerprint density at radius 2 is 2.27 bits per heavy atom. The Labute approximate surface area is 89.5 Å². The summed E-state index contributed by atoms with van der Waals surface area (Å²) >= 11 is 0. The van der Waals surface area contributed by atoms with E-state index >= 15 is 0 Å². The van der Waals surface area contributed by atoms with Gasteiger partial charge in [-0.1, -0.05) is 24.3 Å². The highest BCUT2D eigenvalue weighted by molar-refractivity contribution is 5.60. The molecule has 1 saturated carbocycles. The van der Waals surface area contributed by atoms with Crippen molar-refractivity contribution in [3.8, 4) is 11.1 Å². The van der Waals surface area contributed by atoms with Crippen molar-refractivity contribution < 1.29 is 0 Å². The van der Waals surface area contributed by atoms with Gasteiger partial charge in [-0.05, 0) is 30.9 Å². The van der Waals surface area contributed by atoms with Crippen molar-refractivity contribution in [2.45, 2.75) is 25.3 Å². The van der Waals surface area contributed by atoms with Crippen LogP contribution in [0.25, 0.3) is 11.1 Å². The second-order valence-electron chi connectivity index (χ2n) is 4.07. The molecule has 0 N–H and O–H groups in total. The number of hydrogen-bond acceptors (Lipinski definition) is 1. The number of hydrogen-bond donors (Lipinski definition) is 0. The van der Waals surface area contributed by atoms with Crippen molar-refractivity contribution in [1.82, 2.24) is 9.78 Å². The zero-order chi connectivity index (χ0) is 10.1. The van der Waals surface area contributed by atoms with Crippen molar-refractivity contribution in [2.24, 2.45) is 0 Å². The van der Waals surface area contributed by atoms with Gasteiger partial charge in [-0.15, -0.1) is 0 Å². The van der Waals surface area contributed by atoms with Crippen molar-refractivity contribution >= 4 is 0 Å². The molecule has 0 spiro atoms. The SMILES string of the molecule is [c]1ccccc1-c1cnn(C2CCC2)c1. The van der Waals surface area contributed by atoms with Crippen LogP contribution in [0.3, 0.4) is 0 Å². The van der Waals surface area contributed by atoms with E-state index in [0.29, 0.717) is 6.04 Å². The first-order chi connectivity index (χ1) is 7.43. The molecule has 1 fully saturated rings. The first-order valence-corrected chi connectivity index (χ1v) is 5.45. The highest BCUT2D eigenvalue weighted by Crippen LogP contribution is 2.31. The molecule has 2 heteroatoms. The van der Waals surface area contributed by atoms with Gasteiger partial charge in [0.25, 0.3) is 0 Å². The molecule has 75 valence electrons. The van der Waals surface area contributed by atoms with E-state index in [2.05, 4.69) is 28.1 Å². The summed E-state index contributed by atoms with van der Waals surface area (Å²) in [5.74, 6) is 0. The first-order valence-electron chi connectivity index (χ1n) is 5.45. The Balaban J connectivity index is 1.90. The minimum atomic E-state index is 0.641. The van der Waals surface area contributed by atoms with E-state index in [1.807, 2.05) is 24.4 Å². The van der Waals surface area contributed by atoms with Crippen molar-refractivity contribution in [2.75, 3.05) is 0 Å². The molecule has 1 heterocycles. The molecule has 1 aliphatic rings. The van der Waals surface area contributed by atoms with Crippen LogP contribution in [-0.2, 0) is 0 Å². The molecule has 2 nitrogen and oxygen atoms in total. The van der Waals surface area contributed by atoms with Gasteiger partial charge in [0.05, 0.1) is 12.2 Å². The van der Waals surface area contributed by atoms with Crippen LogP contribution in [0.15, 0.2) is 36.7 Å². The van der Waals surface area contributed by atoms with Gasteiger partial charge in [0.15, 0.2) is 0 Å². The number of nitrogens with zero attached hydrogens (tertiary/aromatic N) is 2. The fourth-order valence-electron chi connectivity index (χ4n) is 1.90. The van der Waals surface area contributed by atoms with E-state index in [-0.39, 0.29) is 0 Å². The standard InChI is InChI=1S/C13H13N2/c1-2-5-11(6-3-1)12-9-14-15(10-12)13-7-4-8-13/h1-3,5,9-10,13H,4,7-8H2. The van der Waals surface area contributed by atoms with Crippen LogP contribution in [0, 0.1) is 6.07 Å². The fourth-order valence-corrected chi connectivity index (χ4v) is 1.90. The molecular weight excluding hydrogens is 184 g/mol. The average Bonchev–Trinajstić information content (AvgIpc) is 2.66. The van der Waals surface area contributed by atoms with Gasteiger partial charge in [0.1, 0.15) is 0 Å². The van der Waals surface area contributed by atoms with Crippen LogP contribution in [0.1, 0.15) is 25.3 Å². The Morgan fingerprint density at radius 3 is 2.93 bits per heavy atom. The van der Waals surface area contributed by atoms with Gasteiger partial charge in [-0.25, -0.2) is 0 Å². The molecule has 15 heavy (non-hydrogen) atoms. The lowest BCUT2D eigenvalue weighted by Gasteiger charge is -2.25. The summed E-state index contributed by atoms with van der Waals surface area (Å²) in [6, 6.07) is 11.9. The summed E-state index contributed by atoms with van der Waals surface area (Å²) in [6.45, 7) is 0. The minimum absolute atomic E-state index is 0.641. The van der Waals surface area contributed by atoms with Gasteiger partial charge >= 0.3 is 0 Å². The molecular formula is C13H13N2. The molecule has 0 unspecified atom stereocenters. The summed E-state index contributed by atoms with van der Waals surface area (Å²) in [6.07, 6.45) is 7.97. The van der Waals surface area contributed by atoms with Gasteiger partial charge in [0.2, 0.25) is 0 Å². The second-order valence-corrected chi connectivity index (χ2v) is 4.07. The van der Waals surface area contributed by atoms with Gasteiger partial charge < -0.3 is 0 Å². The smallest absolute Gasteiger partial charge is 0.0568 e. The van der Waals surface area contributed by atoms with Crippen LogP contribution in [0.5, 0.6) is 0 Å². The van der Waals surface area contributed by atoms with Crippen LogP contribution < -0.4 is 0 Å². The lowest BCUT2D eigenvalue weighted by molar-refractivity contribution is 0.289. The van der Waals surface area contributed by atoms with Crippen LogP contribution >= 0.6 is 0 Å². The lowest BCUT2D eigenvalue weighted by Crippen LogP contribution is -2.16. The minimum Gasteiger partial charge on any atom is -0.269 e. The topological polar surface area (TPSA) is 17.8 Å². The molecule has 2 aromatic rings. The fraction of sp³-hybridized carbons (Fsp3) is 0.308. The third-order valence-corrected chi connectivity index (χ3v) is 3.07. The van der Waals surface area contributed by atoms with Gasteiger partial charge in [-0.2, -0.15) is 5.10 Å². The molecule has 1 aliphatic carbocycles. The van der Waals surface area contributed by atoms with Crippen LogP contribution in [0.2, 0.25) is 0 Å². The normalized spacial score (nSPS) is 16.3. The maximum Gasteiger partial charge on any atom is 0.0568 e. The molecule has 0 atom stereocenters. The highest BCUT2D eigenvalue weighted by Gasteiger charge is 2.19. The molecule has 0 bridgehead atoms. The molecule has 0 aliphatic heterocycles. The third-order valence-electron chi connectivity index (χ3n) is 3.07. The first kappa shape index (κ1) is 8.72. The summed E-state index contributed by atoms with van der Waals surface area (Å²) in [4.78, 5) is 0. The maximum absolute atomic E-state index is 4.41. The highest BCUT2D eigenvalue weighted by atomic mass is 15.3. The van der Waals surface area contributed by atoms with Crippen molar-refractivity contribution in [3.05, 3.63) is 42.7 Å². The van der Waals surface area contributed by atoms with E-state index in [4.69, 9.17) is 0 Å². The van der Waals surface area contributed by atoms with E-state index < -0.39 is 0 Å². The van der Waals surface area contributed by atoms with Gasteiger partial charge in [0, 0.05) is 11.8 Å². The van der Waals surface area contributed by atoms with Gasteiger partial charge in [-0.3, -0.25) is 4.68 Å². The van der Waals surface area contributed by atoms with Crippen LogP contribution in [0.4, 0.5) is 0 Å². The average molecular weight is 197 g/mol. The molecule has 3 rings (SSSR count). The largest absolute Gasteiger partial charge is 0.269 e. The van der Waals surface area contributed by atoms with E-state index in [1.54, 1.807) is 0 Å². The Morgan fingerprint density at radius 1 is 1.33 bits per heavy atom. The third kappa shape index (κ3) is 1.56. The van der Waals surface area contributed by atoms with Crippen LogP contribution in [-0.4, -0.2) is 9.78 Å². The predicted octanol–water partition coefficient (Wildman–Crippen LogP) is 3.08. The molecule has 1 radical (unpaired) electrons. The summed E-state index contributed by atoms with van der Waals surface area (Å²) < 4.78 is 2.10. The Kier molecular flexibility index (Phi) is 2.05. The summed E-state index contributed by atoms with van der Waals surface area (Å²) in [5, 5.41) is 4.41. The van der Waals surface area contributed by atoms with E-state index in [1.165, 1.54) is 24.8 Å². The van der Waals surface area contributed by atoms with Crippen molar-refractivity contribution in [1.29, 1.82) is 0 Å². The Hall–Kier alpha value is -1.57. The summed E-state index contributed by atoms with van der Waals surface area (Å²) in [7, 11) is 0. The molecule has 0 amide bonds. The monoisotopic (exact) mass is 197 g/mol. The molecule has 1 aromatic heterocycles. The van der Waals surface area contributed by atoms with E-state index in [9.17, 15) is 0 Å². The zero-order valence-corrected chi connectivity index (χ0v) is 8.56. The number of benzene rings is 1. The van der Waals surface area contributed by atoms with Crippen molar-refractivity contribution in [3.63, 3.8) is 0 Å². The zero-order valence-electron chi connectivity index (χ0n) is 8.56. The Bertz CT molecular complexity index is 441. The summed E-state index contributed by atoms with van der Waals surface area (Å²) in [5.41, 5.74) is 2.30. The quantitative estimate of drug-likeness (QED) is 0.723. The molecule has 1 aromatic carbocycles. The predicted molar refractivity (Wildman–Crippen MR) is 59.4 cm³/mol.